The second-order valence-electron chi connectivity index (χ2n) is 3.49. The molecule has 0 fully saturated rings. The molecule has 0 atom stereocenters. The van der Waals surface area contributed by atoms with Gasteiger partial charge in [0.25, 0.3) is 0 Å². The lowest BCUT2D eigenvalue weighted by Crippen LogP contribution is -2.12. The van der Waals surface area contributed by atoms with E-state index in [1.807, 2.05) is 37.2 Å². The van der Waals surface area contributed by atoms with E-state index in [2.05, 4.69) is 0 Å². The first-order chi connectivity index (χ1) is 6.69. The van der Waals surface area contributed by atoms with Crippen molar-refractivity contribution >= 4 is 5.69 Å². The quantitative estimate of drug-likeness (QED) is 0.746. The van der Waals surface area contributed by atoms with E-state index in [0.717, 1.165) is 16.8 Å². The van der Waals surface area contributed by atoms with Crippen LogP contribution < -0.4 is 4.90 Å². The molecule has 0 saturated carbocycles. The molecule has 2 N–H and O–H groups in total. The van der Waals surface area contributed by atoms with Crippen molar-refractivity contribution in [3.8, 4) is 0 Å². The zero-order valence-electron chi connectivity index (χ0n) is 8.70. The summed E-state index contributed by atoms with van der Waals surface area (Å²) < 4.78 is 0. The second-order valence-corrected chi connectivity index (χ2v) is 3.49. The van der Waals surface area contributed by atoms with Crippen LogP contribution in [-0.2, 0) is 13.0 Å². The molecule has 0 aliphatic heterocycles. The van der Waals surface area contributed by atoms with Gasteiger partial charge < -0.3 is 15.1 Å². The SMILES string of the molecule is CN(C)c1ccc(CO)cc1CCO. The fourth-order valence-corrected chi connectivity index (χ4v) is 1.49. The van der Waals surface area contributed by atoms with Gasteiger partial charge in [-0.1, -0.05) is 12.1 Å². The molecule has 78 valence electrons. The van der Waals surface area contributed by atoms with Gasteiger partial charge in [-0.3, -0.25) is 0 Å². The minimum atomic E-state index is 0.0478. The molecule has 0 heterocycles. The van der Waals surface area contributed by atoms with Gasteiger partial charge in [-0.15, -0.1) is 0 Å². The maximum atomic E-state index is 8.98. The normalized spacial score (nSPS) is 10.3. The molecule has 0 aliphatic rings. The van der Waals surface area contributed by atoms with Crippen LogP contribution in [-0.4, -0.2) is 30.9 Å². The first kappa shape index (κ1) is 11.0. The molecule has 3 nitrogen and oxygen atoms in total. The Morgan fingerprint density at radius 2 is 1.93 bits per heavy atom. The van der Waals surface area contributed by atoms with Crippen molar-refractivity contribution < 1.29 is 10.2 Å². The molecule has 0 radical (unpaired) electrons. The molecule has 0 spiro atoms. The molecule has 14 heavy (non-hydrogen) atoms. The van der Waals surface area contributed by atoms with Gasteiger partial charge in [0.2, 0.25) is 0 Å². The van der Waals surface area contributed by atoms with Gasteiger partial charge in [0, 0.05) is 26.4 Å². The molecule has 3 heteroatoms. The molecule has 0 aromatic heterocycles. The lowest BCUT2D eigenvalue weighted by atomic mass is 10.1. The summed E-state index contributed by atoms with van der Waals surface area (Å²) in [6.45, 7) is 0.182. The Bertz CT molecular complexity index is 297. The van der Waals surface area contributed by atoms with Crippen LogP contribution >= 0.6 is 0 Å². The Kier molecular flexibility index (Phi) is 3.92. The fourth-order valence-electron chi connectivity index (χ4n) is 1.49. The van der Waals surface area contributed by atoms with Crippen molar-refractivity contribution in [1.29, 1.82) is 0 Å². The number of rotatable bonds is 4. The average molecular weight is 195 g/mol. The van der Waals surface area contributed by atoms with Gasteiger partial charge in [-0.2, -0.15) is 0 Å². The third-order valence-corrected chi connectivity index (χ3v) is 2.19. The summed E-state index contributed by atoms with van der Waals surface area (Å²) >= 11 is 0. The highest BCUT2D eigenvalue weighted by Crippen LogP contribution is 2.20. The average Bonchev–Trinajstić information content (AvgIpc) is 2.17. The summed E-state index contributed by atoms with van der Waals surface area (Å²) in [6, 6.07) is 5.80. The number of benzene rings is 1. The van der Waals surface area contributed by atoms with E-state index in [4.69, 9.17) is 10.2 Å². The zero-order chi connectivity index (χ0) is 10.6. The summed E-state index contributed by atoms with van der Waals surface area (Å²) in [6.07, 6.45) is 0.626. The van der Waals surface area contributed by atoms with Gasteiger partial charge in [-0.25, -0.2) is 0 Å². The Balaban J connectivity index is 3.03. The molecule has 0 bridgehead atoms. The predicted molar refractivity (Wildman–Crippen MR) is 57.5 cm³/mol. The molecule has 1 aromatic rings. The van der Waals surface area contributed by atoms with Crippen LogP contribution in [0.1, 0.15) is 11.1 Å². The Morgan fingerprint density at radius 1 is 1.21 bits per heavy atom. The van der Waals surface area contributed by atoms with E-state index in [-0.39, 0.29) is 13.2 Å². The minimum absolute atomic E-state index is 0.0478. The van der Waals surface area contributed by atoms with E-state index in [1.54, 1.807) is 0 Å². The van der Waals surface area contributed by atoms with E-state index in [9.17, 15) is 0 Å². The molecule has 0 unspecified atom stereocenters. The van der Waals surface area contributed by atoms with Crippen molar-refractivity contribution in [2.45, 2.75) is 13.0 Å². The van der Waals surface area contributed by atoms with Crippen LogP contribution in [0.3, 0.4) is 0 Å². The van der Waals surface area contributed by atoms with Crippen LogP contribution in [0.4, 0.5) is 5.69 Å². The first-order valence-corrected chi connectivity index (χ1v) is 4.70. The van der Waals surface area contributed by atoms with Crippen molar-refractivity contribution in [1.82, 2.24) is 0 Å². The molecule has 0 aliphatic carbocycles. The minimum Gasteiger partial charge on any atom is -0.396 e. The maximum absolute atomic E-state index is 8.98. The predicted octanol–water partition coefficient (Wildman–Crippen LogP) is 0.780. The monoisotopic (exact) mass is 195 g/mol. The molecule has 0 amide bonds. The highest BCUT2D eigenvalue weighted by Gasteiger charge is 2.04. The van der Waals surface area contributed by atoms with E-state index in [0.29, 0.717) is 6.42 Å². The molecule has 1 aromatic carbocycles. The number of anilines is 1. The van der Waals surface area contributed by atoms with Crippen molar-refractivity contribution in [3.63, 3.8) is 0 Å². The van der Waals surface area contributed by atoms with Crippen LogP contribution in [0.25, 0.3) is 0 Å². The maximum Gasteiger partial charge on any atom is 0.0681 e. The number of hydrogen-bond acceptors (Lipinski definition) is 3. The third-order valence-electron chi connectivity index (χ3n) is 2.19. The molecule has 1 rings (SSSR count). The largest absolute Gasteiger partial charge is 0.396 e. The highest BCUT2D eigenvalue weighted by atomic mass is 16.3. The lowest BCUT2D eigenvalue weighted by Gasteiger charge is -2.17. The van der Waals surface area contributed by atoms with Crippen molar-refractivity contribution in [2.24, 2.45) is 0 Å². The standard InChI is InChI=1S/C11H17NO2/c1-12(2)11-4-3-9(8-14)7-10(11)5-6-13/h3-4,7,13-14H,5-6,8H2,1-2H3. The number of aliphatic hydroxyl groups excluding tert-OH is 2. The van der Waals surface area contributed by atoms with Crippen LogP contribution in [0.2, 0.25) is 0 Å². The fraction of sp³-hybridized carbons (Fsp3) is 0.455. The van der Waals surface area contributed by atoms with Gasteiger partial charge in [-0.05, 0) is 23.6 Å². The number of nitrogens with zero attached hydrogens (tertiary/aromatic N) is 1. The van der Waals surface area contributed by atoms with Crippen LogP contribution in [0.15, 0.2) is 18.2 Å². The van der Waals surface area contributed by atoms with Crippen LogP contribution in [0.5, 0.6) is 0 Å². The topological polar surface area (TPSA) is 43.7 Å². The Labute approximate surface area is 84.6 Å². The Hall–Kier alpha value is -1.06. The number of aliphatic hydroxyl groups is 2. The van der Waals surface area contributed by atoms with Gasteiger partial charge in [0.1, 0.15) is 0 Å². The van der Waals surface area contributed by atoms with Crippen molar-refractivity contribution in [2.75, 3.05) is 25.6 Å². The molecule has 0 saturated heterocycles. The summed E-state index contributed by atoms with van der Waals surface area (Å²) in [7, 11) is 3.93. The molecular formula is C11H17NO2. The van der Waals surface area contributed by atoms with Crippen LogP contribution in [0, 0.1) is 0 Å². The highest BCUT2D eigenvalue weighted by molar-refractivity contribution is 5.54. The summed E-state index contributed by atoms with van der Waals surface area (Å²) in [5.74, 6) is 0. The number of hydrogen-bond donors (Lipinski definition) is 2. The first-order valence-electron chi connectivity index (χ1n) is 4.70. The Morgan fingerprint density at radius 3 is 2.43 bits per heavy atom. The smallest absolute Gasteiger partial charge is 0.0681 e. The zero-order valence-corrected chi connectivity index (χ0v) is 8.70. The van der Waals surface area contributed by atoms with E-state index < -0.39 is 0 Å². The summed E-state index contributed by atoms with van der Waals surface area (Å²) in [5.41, 5.74) is 3.05. The van der Waals surface area contributed by atoms with Crippen molar-refractivity contribution in [3.05, 3.63) is 29.3 Å². The van der Waals surface area contributed by atoms with Gasteiger partial charge in [0.05, 0.1) is 6.61 Å². The second kappa shape index (κ2) is 4.98. The summed E-state index contributed by atoms with van der Waals surface area (Å²) in [4.78, 5) is 2.01. The van der Waals surface area contributed by atoms with Gasteiger partial charge >= 0.3 is 0 Å². The summed E-state index contributed by atoms with van der Waals surface area (Å²) in [5, 5.41) is 17.9. The van der Waals surface area contributed by atoms with Gasteiger partial charge in [0.15, 0.2) is 0 Å². The third kappa shape index (κ3) is 2.47. The lowest BCUT2D eigenvalue weighted by molar-refractivity contribution is 0.281. The molecular weight excluding hydrogens is 178 g/mol. The van der Waals surface area contributed by atoms with E-state index in [1.165, 1.54) is 0 Å². The van der Waals surface area contributed by atoms with E-state index >= 15 is 0 Å².